The third kappa shape index (κ3) is 4.90. The molecule has 2 heterocycles. The number of pyridine rings is 1. The van der Waals surface area contributed by atoms with Crippen LogP contribution >= 0.6 is 0 Å². The van der Waals surface area contributed by atoms with E-state index in [0.717, 1.165) is 37.3 Å². The highest BCUT2D eigenvalue weighted by atomic mass is 16.1. The molecule has 2 aromatic rings. The van der Waals surface area contributed by atoms with Crippen LogP contribution in [-0.2, 0) is 4.79 Å². The molecule has 1 fully saturated rings. The molecule has 0 saturated carbocycles. The van der Waals surface area contributed by atoms with Crippen LogP contribution in [0, 0.1) is 11.3 Å². The number of anilines is 1. The number of hydrogen-bond donors (Lipinski definition) is 1. The summed E-state index contributed by atoms with van der Waals surface area (Å²) in [5.74, 6) is 0.0149. The molecule has 1 aromatic carbocycles. The maximum atomic E-state index is 12.2. The van der Waals surface area contributed by atoms with E-state index in [-0.39, 0.29) is 5.91 Å². The van der Waals surface area contributed by atoms with Gasteiger partial charge in [0.1, 0.15) is 0 Å². The molecule has 0 spiro atoms. The van der Waals surface area contributed by atoms with Crippen molar-refractivity contribution in [2.75, 3.05) is 18.4 Å². The number of nitrogens with zero attached hydrogens (tertiary/aromatic N) is 3. The average molecular weight is 348 g/mol. The van der Waals surface area contributed by atoms with E-state index >= 15 is 0 Å². The summed E-state index contributed by atoms with van der Waals surface area (Å²) >= 11 is 0. The minimum atomic E-state index is 0.0149. The number of nitrogens with one attached hydrogen (secondary N) is 1. The van der Waals surface area contributed by atoms with Gasteiger partial charge in [-0.25, -0.2) is 0 Å². The van der Waals surface area contributed by atoms with Crippen LogP contribution in [-0.4, -0.2) is 28.9 Å². The Morgan fingerprint density at radius 3 is 2.81 bits per heavy atom. The van der Waals surface area contributed by atoms with Gasteiger partial charge < -0.3 is 5.32 Å². The van der Waals surface area contributed by atoms with Crippen LogP contribution in [0.5, 0.6) is 0 Å². The Kier molecular flexibility index (Phi) is 6.34. The van der Waals surface area contributed by atoms with E-state index in [1.165, 1.54) is 12.8 Å². The quantitative estimate of drug-likeness (QED) is 0.859. The van der Waals surface area contributed by atoms with Gasteiger partial charge in [0, 0.05) is 18.3 Å². The predicted molar refractivity (Wildman–Crippen MR) is 101 cm³/mol. The van der Waals surface area contributed by atoms with Crippen molar-refractivity contribution >= 4 is 11.6 Å². The predicted octanol–water partition coefficient (Wildman–Crippen LogP) is 3.90. The van der Waals surface area contributed by atoms with E-state index in [4.69, 9.17) is 5.26 Å². The monoisotopic (exact) mass is 348 g/mol. The van der Waals surface area contributed by atoms with Crippen LogP contribution in [0.2, 0.25) is 0 Å². The number of carbonyl (C=O) groups is 1. The molecule has 134 valence electrons. The van der Waals surface area contributed by atoms with Crippen LogP contribution in [0.25, 0.3) is 0 Å². The zero-order chi connectivity index (χ0) is 18.2. The number of amides is 1. The number of aromatic nitrogens is 1. The van der Waals surface area contributed by atoms with Gasteiger partial charge in [0.2, 0.25) is 5.91 Å². The second kappa shape index (κ2) is 9.12. The van der Waals surface area contributed by atoms with Crippen molar-refractivity contribution in [3.05, 3.63) is 59.9 Å². The molecule has 0 aliphatic carbocycles. The van der Waals surface area contributed by atoms with Crippen LogP contribution in [0.15, 0.2) is 48.7 Å². The molecule has 1 unspecified atom stereocenters. The third-order valence-electron chi connectivity index (χ3n) is 4.79. The molecule has 5 nitrogen and oxygen atoms in total. The molecule has 1 aliphatic heterocycles. The number of hydrogen-bond acceptors (Lipinski definition) is 4. The van der Waals surface area contributed by atoms with Crippen molar-refractivity contribution in [1.82, 2.24) is 9.88 Å². The summed E-state index contributed by atoms with van der Waals surface area (Å²) in [7, 11) is 0. The number of piperidine rings is 1. The molecule has 0 bridgehead atoms. The lowest BCUT2D eigenvalue weighted by Crippen LogP contribution is -2.35. The lowest BCUT2D eigenvalue weighted by Gasteiger charge is -2.35. The zero-order valence-electron chi connectivity index (χ0n) is 14.9. The van der Waals surface area contributed by atoms with Crippen LogP contribution in [0.1, 0.15) is 49.4 Å². The topological polar surface area (TPSA) is 69.0 Å². The molecule has 1 amide bonds. The average Bonchev–Trinajstić information content (AvgIpc) is 2.69. The minimum absolute atomic E-state index is 0.0149. The molecule has 1 N–H and O–H groups in total. The smallest absolute Gasteiger partial charge is 0.224 e. The van der Waals surface area contributed by atoms with Crippen LogP contribution in [0.4, 0.5) is 5.69 Å². The van der Waals surface area contributed by atoms with Crippen molar-refractivity contribution in [2.45, 2.75) is 38.1 Å². The normalized spacial score (nSPS) is 17.4. The molecule has 5 heteroatoms. The van der Waals surface area contributed by atoms with Gasteiger partial charge in [-0.15, -0.1) is 0 Å². The highest BCUT2D eigenvalue weighted by molar-refractivity contribution is 5.90. The first-order valence-corrected chi connectivity index (χ1v) is 9.21. The molecule has 1 saturated heterocycles. The number of nitriles is 1. The number of benzene rings is 1. The van der Waals surface area contributed by atoms with Crippen molar-refractivity contribution < 1.29 is 4.79 Å². The van der Waals surface area contributed by atoms with Gasteiger partial charge in [-0.3, -0.25) is 14.7 Å². The maximum absolute atomic E-state index is 12.2. The fourth-order valence-corrected chi connectivity index (χ4v) is 3.46. The van der Waals surface area contributed by atoms with Gasteiger partial charge in [-0.2, -0.15) is 5.26 Å². The zero-order valence-corrected chi connectivity index (χ0v) is 14.9. The molecule has 26 heavy (non-hydrogen) atoms. The molecular formula is C21H24N4O. The first kappa shape index (κ1) is 18.1. The highest BCUT2D eigenvalue weighted by Gasteiger charge is 2.24. The second-order valence-corrected chi connectivity index (χ2v) is 6.64. The standard InChI is InChI=1S/C21H24N4O/c22-16-17-9-11-18(12-10-17)24-21(26)8-5-15-25-14-4-2-7-20(25)19-6-1-3-13-23-19/h1,3,6,9-13,20H,2,4-5,7-8,14-15H2,(H,24,26). The summed E-state index contributed by atoms with van der Waals surface area (Å²) in [6.45, 7) is 1.97. The van der Waals surface area contributed by atoms with E-state index in [2.05, 4.69) is 27.3 Å². The Balaban J connectivity index is 1.48. The van der Waals surface area contributed by atoms with Gasteiger partial charge >= 0.3 is 0 Å². The summed E-state index contributed by atoms with van der Waals surface area (Å²) in [5, 5.41) is 11.7. The van der Waals surface area contributed by atoms with E-state index in [1.54, 1.807) is 24.3 Å². The Hall–Kier alpha value is -2.71. The minimum Gasteiger partial charge on any atom is -0.326 e. The number of rotatable bonds is 6. The van der Waals surface area contributed by atoms with Gasteiger partial charge in [-0.1, -0.05) is 12.5 Å². The Morgan fingerprint density at radius 2 is 2.08 bits per heavy atom. The Bertz CT molecular complexity index is 752. The number of likely N-dealkylation sites (tertiary alicyclic amines) is 1. The van der Waals surface area contributed by atoms with Crippen LogP contribution < -0.4 is 5.32 Å². The van der Waals surface area contributed by atoms with Crippen molar-refractivity contribution in [3.8, 4) is 6.07 Å². The lowest BCUT2D eigenvalue weighted by molar-refractivity contribution is -0.116. The number of carbonyl (C=O) groups excluding carboxylic acids is 1. The van der Waals surface area contributed by atoms with E-state index in [1.807, 2.05) is 18.3 Å². The van der Waals surface area contributed by atoms with Crippen molar-refractivity contribution in [1.29, 1.82) is 5.26 Å². The van der Waals surface area contributed by atoms with Gasteiger partial charge in [0.05, 0.1) is 23.4 Å². The fraction of sp³-hybridized carbons (Fsp3) is 0.381. The summed E-state index contributed by atoms with van der Waals surface area (Å²) < 4.78 is 0. The molecule has 0 radical (unpaired) electrons. The summed E-state index contributed by atoms with van der Waals surface area (Å²) in [6.07, 6.45) is 6.75. The fourth-order valence-electron chi connectivity index (χ4n) is 3.46. The Labute approximate surface area is 154 Å². The van der Waals surface area contributed by atoms with E-state index in [9.17, 15) is 4.79 Å². The molecular weight excluding hydrogens is 324 g/mol. The highest BCUT2D eigenvalue weighted by Crippen LogP contribution is 2.29. The van der Waals surface area contributed by atoms with Crippen LogP contribution in [0.3, 0.4) is 0 Å². The molecule has 1 aliphatic rings. The largest absolute Gasteiger partial charge is 0.326 e. The summed E-state index contributed by atoms with van der Waals surface area (Å²) in [5.41, 5.74) is 2.46. The van der Waals surface area contributed by atoms with Gasteiger partial charge in [-0.05, 0) is 68.8 Å². The maximum Gasteiger partial charge on any atom is 0.224 e. The summed E-state index contributed by atoms with van der Waals surface area (Å²) in [6, 6.07) is 15.5. The van der Waals surface area contributed by atoms with Crippen molar-refractivity contribution in [2.24, 2.45) is 0 Å². The van der Waals surface area contributed by atoms with E-state index < -0.39 is 0 Å². The third-order valence-corrected chi connectivity index (χ3v) is 4.79. The first-order valence-electron chi connectivity index (χ1n) is 9.21. The SMILES string of the molecule is N#Cc1ccc(NC(=O)CCCN2CCCCC2c2ccccn2)cc1. The molecule has 1 aromatic heterocycles. The molecule has 3 rings (SSSR count). The van der Waals surface area contributed by atoms with Gasteiger partial charge in [0.15, 0.2) is 0 Å². The van der Waals surface area contributed by atoms with Crippen molar-refractivity contribution in [3.63, 3.8) is 0 Å². The summed E-state index contributed by atoms with van der Waals surface area (Å²) in [4.78, 5) is 19.1. The second-order valence-electron chi connectivity index (χ2n) is 6.64. The molecule has 1 atom stereocenters. The van der Waals surface area contributed by atoms with Gasteiger partial charge in [0.25, 0.3) is 0 Å². The Morgan fingerprint density at radius 1 is 1.23 bits per heavy atom. The lowest BCUT2D eigenvalue weighted by atomic mass is 9.98. The van der Waals surface area contributed by atoms with E-state index in [0.29, 0.717) is 18.0 Å². The first-order chi connectivity index (χ1) is 12.8.